The second-order valence-electron chi connectivity index (χ2n) is 12.6. The van der Waals surface area contributed by atoms with Gasteiger partial charge in [0.05, 0.1) is 21.4 Å². The van der Waals surface area contributed by atoms with Gasteiger partial charge in [0, 0.05) is 30.3 Å². The summed E-state index contributed by atoms with van der Waals surface area (Å²) in [5.74, 6) is 3.61. The maximum absolute atomic E-state index is 13.2. The molecule has 5 aliphatic carbocycles. The van der Waals surface area contributed by atoms with Crippen LogP contribution in [0.15, 0.2) is 34.1 Å². The number of Topliss-reactive ketones (excluding diaryl/α,β-unsaturated/α-hetero) is 1. The lowest BCUT2D eigenvalue weighted by molar-refractivity contribution is -0.545. The molecule has 1 saturated heterocycles. The van der Waals surface area contributed by atoms with Crippen LogP contribution in [0.3, 0.4) is 0 Å². The molecule has 2 aliphatic heterocycles. The van der Waals surface area contributed by atoms with Gasteiger partial charge in [-0.25, -0.2) is 4.58 Å². The molecule has 8 atom stereocenters. The van der Waals surface area contributed by atoms with Crippen LogP contribution in [-0.4, -0.2) is 62.1 Å². The van der Waals surface area contributed by atoms with E-state index in [0.29, 0.717) is 33.7 Å². The third-order valence-corrected chi connectivity index (χ3v) is 13.8. The number of fused-ring (bicyclic) bond motifs is 6. The maximum Gasteiger partial charge on any atom is 0.236 e. The Balaban J connectivity index is 1.12. The van der Waals surface area contributed by atoms with Crippen LogP contribution >= 0.6 is 23.5 Å². The molecule has 0 aromatic carbocycles. The molecule has 0 bridgehead atoms. The predicted molar refractivity (Wildman–Crippen MR) is 149 cm³/mol. The number of nitrogens with zero attached hydrogens (tertiary/aromatic N) is 2. The minimum atomic E-state index is 0.0197. The Morgan fingerprint density at radius 1 is 0.861 bits per heavy atom. The van der Waals surface area contributed by atoms with Crippen LogP contribution in [0.1, 0.15) is 77.0 Å². The molecule has 8 unspecified atom stereocenters. The number of hydrogen-bond acceptors (Lipinski definition) is 5. The number of aliphatic hydroxyl groups excluding tert-OH is 1. The van der Waals surface area contributed by atoms with Gasteiger partial charge in [0.1, 0.15) is 12.8 Å². The number of carbonyl (C=O) groups is 1. The third-order valence-electron chi connectivity index (χ3n) is 10.9. The van der Waals surface area contributed by atoms with E-state index in [4.69, 9.17) is 0 Å². The maximum atomic E-state index is 13.2. The van der Waals surface area contributed by atoms with Crippen LogP contribution < -0.4 is 0 Å². The van der Waals surface area contributed by atoms with Gasteiger partial charge >= 0.3 is 0 Å². The van der Waals surface area contributed by atoms with Crippen LogP contribution in [0.2, 0.25) is 0 Å². The fourth-order valence-electron chi connectivity index (χ4n) is 9.07. The fourth-order valence-corrected chi connectivity index (χ4v) is 12.2. The van der Waals surface area contributed by atoms with E-state index in [0.717, 1.165) is 23.7 Å². The minimum absolute atomic E-state index is 0.0197. The Morgan fingerprint density at radius 2 is 1.53 bits per heavy atom. The Hall–Kier alpha value is -1.14. The van der Waals surface area contributed by atoms with Crippen molar-refractivity contribution in [2.45, 2.75) is 99.6 Å². The number of hydrogen-bond donors (Lipinski definition) is 1. The summed E-state index contributed by atoms with van der Waals surface area (Å²) >= 11 is 3.90. The van der Waals surface area contributed by atoms with Gasteiger partial charge < -0.3 is 10.0 Å². The lowest BCUT2D eigenvalue weighted by Gasteiger charge is -2.44. The summed E-state index contributed by atoms with van der Waals surface area (Å²) in [6, 6.07) is 1.19. The van der Waals surface area contributed by atoms with E-state index >= 15 is 0 Å². The summed E-state index contributed by atoms with van der Waals surface area (Å²) < 4.78 is 2.45. The minimum Gasteiger partial charge on any atom is -0.506 e. The van der Waals surface area contributed by atoms with Crippen molar-refractivity contribution in [1.29, 1.82) is 0 Å². The lowest BCUT2D eigenvalue weighted by atomic mass is 9.68. The van der Waals surface area contributed by atoms with Gasteiger partial charge in [-0.15, -0.1) is 11.8 Å². The Labute approximate surface area is 224 Å². The van der Waals surface area contributed by atoms with E-state index < -0.39 is 0 Å². The van der Waals surface area contributed by atoms with Crippen molar-refractivity contribution in [2.24, 2.45) is 23.7 Å². The zero-order valence-electron chi connectivity index (χ0n) is 21.8. The van der Waals surface area contributed by atoms with Gasteiger partial charge in [-0.1, -0.05) is 32.1 Å². The number of rotatable bonds is 2. The van der Waals surface area contributed by atoms with Crippen molar-refractivity contribution in [3.8, 4) is 0 Å². The van der Waals surface area contributed by atoms with Gasteiger partial charge in [-0.3, -0.25) is 4.79 Å². The first-order valence-corrected chi connectivity index (χ1v) is 16.3. The number of carbonyl (C=O) groups excluding carboxylic acids is 1. The first-order valence-electron chi connectivity index (χ1n) is 14.6. The van der Waals surface area contributed by atoms with Crippen molar-refractivity contribution in [3.05, 3.63) is 34.1 Å². The molecule has 4 nitrogen and oxygen atoms in total. The van der Waals surface area contributed by atoms with Gasteiger partial charge in [-0.05, 0) is 80.5 Å². The highest BCUT2D eigenvalue weighted by Crippen LogP contribution is 2.53. The molecule has 1 N–H and O–H groups in total. The van der Waals surface area contributed by atoms with Crippen LogP contribution in [-0.2, 0) is 4.79 Å². The van der Waals surface area contributed by atoms with Crippen molar-refractivity contribution >= 4 is 34.4 Å². The first kappa shape index (κ1) is 23.9. The van der Waals surface area contributed by atoms with Crippen LogP contribution in [0, 0.1) is 23.7 Å². The molecule has 7 aliphatic rings. The van der Waals surface area contributed by atoms with Crippen molar-refractivity contribution in [2.75, 3.05) is 14.1 Å². The average Bonchev–Trinajstić information content (AvgIpc) is 3.41. The second kappa shape index (κ2) is 9.25. The zero-order valence-corrected chi connectivity index (χ0v) is 23.5. The average molecular weight is 526 g/mol. The molecule has 0 aromatic heterocycles. The Kier molecular flexibility index (Phi) is 6.15. The molecule has 4 saturated carbocycles. The van der Waals surface area contributed by atoms with Gasteiger partial charge in [0.15, 0.2) is 6.04 Å². The molecule has 194 valence electrons. The summed E-state index contributed by atoms with van der Waals surface area (Å²) in [5, 5.41) is 14.6. The molecule has 5 fully saturated rings. The van der Waals surface area contributed by atoms with Crippen LogP contribution in [0.5, 0.6) is 0 Å². The van der Waals surface area contributed by atoms with E-state index in [1.165, 1.54) is 87.1 Å². The van der Waals surface area contributed by atoms with Gasteiger partial charge in [0.25, 0.3) is 0 Å². The highest BCUT2D eigenvalue weighted by molar-refractivity contribution is 8.14. The molecule has 0 amide bonds. The van der Waals surface area contributed by atoms with Crippen LogP contribution in [0.4, 0.5) is 0 Å². The predicted octanol–water partition coefficient (Wildman–Crippen LogP) is 6.29. The molecule has 0 aromatic rings. The molecule has 6 heteroatoms. The summed E-state index contributed by atoms with van der Waals surface area (Å²) in [5.41, 5.74) is 1.04. The molecule has 2 heterocycles. The molecular formula is C30H41N2O2S2+. The first-order chi connectivity index (χ1) is 17.5. The smallest absolute Gasteiger partial charge is 0.236 e. The normalized spacial score (nSPS) is 44.5. The van der Waals surface area contributed by atoms with E-state index in [9.17, 15) is 9.90 Å². The molecular weight excluding hydrogens is 484 g/mol. The van der Waals surface area contributed by atoms with Gasteiger partial charge in [-0.2, -0.15) is 0 Å². The van der Waals surface area contributed by atoms with Crippen molar-refractivity contribution < 1.29 is 14.5 Å². The number of ketones is 1. The van der Waals surface area contributed by atoms with Gasteiger partial charge in [0.2, 0.25) is 10.8 Å². The quantitative estimate of drug-likeness (QED) is 0.339. The summed E-state index contributed by atoms with van der Waals surface area (Å²) in [4.78, 5) is 15.7. The summed E-state index contributed by atoms with van der Waals surface area (Å²) in [7, 11) is 4.44. The van der Waals surface area contributed by atoms with Crippen molar-refractivity contribution in [1.82, 2.24) is 4.90 Å². The highest BCUT2D eigenvalue weighted by Gasteiger charge is 2.52. The largest absolute Gasteiger partial charge is 0.506 e. The Bertz CT molecular complexity index is 1090. The van der Waals surface area contributed by atoms with Crippen molar-refractivity contribution in [3.63, 3.8) is 0 Å². The van der Waals surface area contributed by atoms with E-state index in [1.54, 1.807) is 0 Å². The third kappa shape index (κ3) is 3.71. The van der Waals surface area contributed by atoms with Crippen LogP contribution in [0.25, 0.3) is 0 Å². The van der Waals surface area contributed by atoms with E-state index in [2.05, 4.69) is 23.6 Å². The SMILES string of the molecule is CN1C(=CC2=C(O)C(=CC3=[N+](C)C4C(CCC5CCCCC54)S3)C2=O)SC2CCC3CCCCC3C21. The molecule has 36 heavy (non-hydrogen) atoms. The molecule has 0 radical (unpaired) electrons. The number of thioether (sulfide) groups is 2. The highest BCUT2D eigenvalue weighted by atomic mass is 32.2. The summed E-state index contributed by atoms with van der Waals surface area (Å²) in [6.07, 6.45) is 20.4. The topological polar surface area (TPSA) is 43.5 Å². The number of aliphatic hydroxyl groups is 1. The molecule has 0 spiro atoms. The fraction of sp³-hybridized carbons (Fsp3) is 0.733. The summed E-state index contributed by atoms with van der Waals surface area (Å²) in [6.45, 7) is 0. The lowest BCUT2D eigenvalue weighted by Crippen LogP contribution is -2.46. The Morgan fingerprint density at radius 3 is 2.28 bits per heavy atom. The molecule has 7 rings (SSSR count). The standard InChI is InChI=1S/C30H40N2O2S2/c1-31-25(35-23-13-11-17-7-3-5-9-19(17)27(23)31)15-21-29(33)22(30(21)34)16-26-32(2)28-20-10-6-4-8-18(20)12-14-24(28)36-26/h15-20,23-24,27-28H,3-14H2,1-2H3/p+1. The number of allylic oxidation sites excluding steroid dienone is 3. The monoisotopic (exact) mass is 525 g/mol. The van der Waals surface area contributed by atoms with E-state index in [1.807, 2.05) is 35.7 Å². The zero-order chi connectivity index (χ0) is 24.6. The van der Waals surface area contributed by atoms with E-state index in [-0.39, 0.29) is 11.5 Å². The second-order valence-corrected chi connectivity index (χ2v) is 15.1.